The molecule has 1 aliphatic carbocycles. The zero-order valence-corrected chi connectivity index (χ0v) is 13.6. The minimum atomic E-state index is -0.301. The first-order chi connectivity index (χ1) is 8.47. The van der Waals surface area contributed by atoms with Gasteiger partial charge in [0.25, 0.3) is 0 Å². The summed E-state index contributed by atoms with van der Waals surface area (Å²) in [7, 11) is 4.08. The van der Waals surface area contributed by atoms with Gasteiger partial charge in [0.15, 0.2) is 5.78 Å². The summed E-state index contributed by atoms with van der Waals surface area (Å²) in [5.41, 5.74) is -0.301. The number of likely N-dealkylation sites (N-methyl/N-ethyl adjacent to an activating group) is 1. The maximum atomic E-state index is 12.9. The molecule has 0 N–H and O–H groups in total. The summed E-state index contributed by atoms with van der Waals surface area (Å²) >= 11 is 5.04. The molecule has 1 fully saturated rings. The first-order valence-electron chi connectivity index (χ1n) is 6.42. The van der Waals surface area contributed by atoms with Crippen molar-refractivity contribution in [2.75, 3.05) is 14.1 Å². The Morgan fingerprint density at radius 1 is 1.56 bits per heavy atom. The molecule has 2 rings (SSSR count). The molecule has 1 saturated carbocycles. The number of hydrogen-bond acceptors (Lipinski definition) is 3. The molecule has 1 heterocycles. The van der Waals surface area contributed by atoms with E-state index in [1.165, 1.54) is 6.42 Å². The van der Waals surface area contributed by atoms with Crippen LogP contribution in [0.25, 0.3) is 0 Å². The third-order valence-corrected chi connectivity index (χ3v) is 5.91. The van der Waals surface area contributed by atoms with E-state index >= 15 is 0 Å². The maximum absolute atomic E-state index is 12.9. The molecule has 0 bridgehead atoms. The molecule has 0 aliphatic heterocycles. The van der Waals surface area contributed by atoms with Crippen LogP contribution in [0.15, 0.2) is 15.9 Å². The molecule has 0 saturated heterocycles. The predicted octanol–water partition coefficient (Wildman–Crippen LogP) is 4.20. The van der Waals surface area contributed by atoms with Gasteiger partial charge in [0.1, 0.15) is 0 Å². The molecule has 2 atom stereocenters. The first kappa shape index (κ1) is 14.2. The van der Waals surface area contributed by atoms with Crippen LogP contribution in [-0.4, -0.2) is 30.3 Å². The van der Waals surface area contributed by atoms with E-state index < -0.39 is 0 Å². The van der Waals surface area contributed by atoms with Crippen LogP contribution < -0.4 is 0 Å². The minimum absolute atomic E-state index is 0.293. The Hall–Kier alpha value is -0.190. The lowest BCUT2D eigenvalue weighted by molar-refractivity contribution is 0.0490. The van der Waals surface area contributed by atoms with E-state index in [2.05, 4.69) is 27.8 Å². The average Bonchev–Trinajstić information content (AvgIpc) is 2.74. The highest BCUT2D eigenvalue weighted by Gasteiger charge is 2.44. The summed E-state index contributed by atoms with van der Waals surface area (Å²) in [6.45, 7) is 2.26. The molecule has 2 unspecified atom stereocenters. The molecule has 0 spiro atoms. The van der Waals surface area contributed by atoms with Crippen LogP contribution in [-0.2, 0) is 0 Å². The lowest BCUT2D eigenvalue weighted by Crippen LogP contribution is -2.53. The van der Waals surface area contributed by atoms with Crippen LogP contribution in [0.4, 0.5) is 0 Å². The Kier molecular flexibility index (Phi) is 4.29. The van der Waals surface area contributed by atoms with E-state index in [1.54, 1.807) is 11.3 Å². The van der Waals surface area contributed by atoms with Crippen LogP contribution in [0.1, 0.15) is 42.3 Å². The third kappa shape index (κ3) is 2.43. The average molecular weight is 330 g/mol. The molecule has 1 aromatic heterocycles. The quantitative estimate of drug-likeness (QED) is 0.774. The Morgan fingerprint density at radius 3 is 2.78 bits per heavy atom. The second-order valence-electron chi connectivity index (χ2n) is 5.55. The highest BCUT2D eigenvalue weighted by atomic mass is 79.9. The fraction of sp³-hybridized carbons (Fsp3) is 0.643. The van der Waals surface area contributed by atoms with Crippen molar-refractivity contribution in [3.63, 3.8) is 0 Å². The standard InChI is InChI=1S/C14H20BrNOS/c1-10-5-4-7-14(9-10,16(2)3)13(17)12-11(15)6-8-18-12/h6,8,10H,4-5,7,9H2,1-3H3. The molecule has 1 aromatic rings. The van der Waals surface area contributed by atoms with Crippen molar-refractivity contribution >= 4 is 33.0 Å². The predicted molar refractivity (Wildman–Crippen MR) is 80.4 cm³/mol. The van der Waals surface area contributed by atoms with Gasteiger partial charge in [0, 0.05) is 4.47 Å². The lowest BCUT2D eigenvalue weighted by atomic mass is 9.73. The smallest absolute Gasteiger partial charge is 0.194 e. The van der Waals surface area contributed by atoms with Gasteiger partial charge in [0.2, 0.25) is 0 Å². The lowest BCUT2D eigenvalue weighted by Gasteiger charge is -2.43. The van der Waals surface area contributed by atoms with Gasteiger partial charge in [-0.15, -0.1) is 11.3 Å². The number of hydrogen-bond donors (Lipinski definition) is 0. The SMILES string of the molecule is CC1CCCC(C(=O)c2sccc2Br)(N(C)C)C1. The summed E-state index contributed by atoms with van der Waals surface area (Å²) in [6.07, 6.45) is 4.35. The normalized spacial score (nSPS) is 28.6. The van der Waals surface area contributed by atoms with Crippen molar-refractivity contribution in [3.05, 3.63) is 20.8 Å². The van der Waals surface area contributed by atoms with Crippen molar-refractivity contribution in [1.29, 1.82) is 0 Å². The highest BCUT2D eigenvalue weighted by molar-refractivity contribution is 9.10. The van der Waals surface area contributed by atoms with E-state index in [4.69, 9.17) is 0 Å². The minimum Gasteiger partial charge on any atom is -0.297 e. The first-order valence-corrected chi connectivity index (χ1v) is 8.10. The molecule has 100 valence electrons. The zero-order chi connectivity index (χ0) is 13.3. The van der Waals surface area contributed by atoms with E-state index in [-0.39, 0.29) is 5.54 Å². The fourth-order valence-corrected chi connectivity index (χ4v) is 4.59. The number of thiophene rings is 1. The number of carbonyl (C=O) groups is 1. The van der Waals surface area contributed by atoms with Crippen LogP contribution in [0, 0.1) is 5.92 Å². The number of halogens is 1. The number of carbonyl (C=O) groups excluding carboxylic acids is 1. The van der Waals surface area contributed by atoms with Gasteiger partial charge in [-0.1, -0.05) is 19.8 Å². The second kappa shape index (κ2) is 5.43. The van der Waals surface area contributed by atoms with E-state index in [0.717, 1.165) is 28.6 Å². The van der Waals surface area contributed by atoms with Crippen molar-refractivity contribution in [3.8, 4) is 0 Å². The Balaban J connectivity index is 2.36. The maximum Gasteiger partial charge on any atom is 0.194 e. The van der Waals surface area contributed by atoms with Crippen LogP contribution >= 0.6 is 27.3 Å². The van der Waals surface area contributed by atoms with E-state index in [1.807, 2.05) is 25.5 Å². The van der Waals surface area contributed by atoms with Gasteiger partial charge in [-0.2, -0.15) is 0 Å². The molecular formula is C14H20BrNOS. The number of nitrogens with zero attached hydrogens (tertiary/aromatic N) is 1. The van der Waals surface area contributed by atoms with Crippen LogP contribution in [0.2, 0.25) is 0 Å². The summed E-state index contributed by atoms with van der Waals surface area (Å²) in [4.78, 5) is 15.9. The number of rotatable bonds is 3. The summed E-state index contributed by atoms with van der Waals surface area (Å²) < 4.78 is 0.942. The van der Waals surface area contributed by atoms with Gasteiger partial charge in [0.05, 0.1) is 10.4 Å². The van der Waals surface area contributed by atoms with Crippen molar-refractivity contribution in [1.82, 2.24) is 4.90 Å². The largest absolute Gasteiger partial charge is 0.297 e. The Labute approximate surface area is 122 Å². The molecule has 0 aromatic carbocycles. The molecule has 1 aliphatic rings. The number of Topliss-reactive ketones (excluding diaryl/α,β-unsaturated/α-hetero) is 1. The van der Waals surface area contributed by atoms with Crippen LogP contribution in [0.3, 0.4) is 0 Å². The topological polar surface area (TPSA) is 20.3 Å². The monoisotopic (exact) mass is 329 g/mol. The molecular weight excluding hydrogens is 310 g/mol. The van der Waals surface area contributed by atoms with Gasteiger partial charge in [-0.05, 0) is 60.2 Å². The molecule has 2 nitrogen and oxygen atoms in total. The van der Waals surface area contributed by atoms with Gasteiger partial charge < -0.3 is 0 Å². The summed E-state index contributed by atoms with van der Waals surface area (Å²) in [6, 6.07) is 1.97. The molecule has 4 heteroatoms. The highest BCUT2D eigenvalue weighted by Crippen LogP contribution is 2.40. The fourth-order valence-electron chi connectivity index (χ4n) is 3.01. The summed E-state index contributed by atoms with van der Waals surface area (Å²) in [5.74, 6) is 0.921. The van der Waals surface area contributed by atoms with E-state index in [0.29, 0.717) is 11.7 Å². The van der Waals surface area contributed by atoms with Crippen molar-refractivity contribution in [2.45, 2.75) is 38.1 Å². The van der Waals surface area contributed by atoms with Crippen molar-refractivity contribution in [2.24, 2.45) is 5.92 Å². The molecule has 0 radical (unpaired) electrons. The Bertz CT molecular complexity index is 443. The van der Waals surface area contributed by atoms with Gasteiger partial charge >= 0.3 is 0 Å². The van der Waals surface area contributed by atoms with Crippen LogP contribution in [0.5, 0.6) is 0 Å². The summed E-state index contributed by atoms with van der Waals surface area (Å²) in [5, 5.41) is 1.98. The zero-order valence-electron chi connectivity index (χ0n) is 11.2. The van der Waals surface area contributed by atoms with Gasteiger partial charge in [-0.25, -0.2) is 0 Å². The second-order valence-corrected chi connectivity index (χ2v) is 7.32. The Morgan fingerprint density at radius 2 is 2.28 bits per heavy atom. The number of ketones is 1. The molecule has 18 heavy (non-hydrogen) atoms. The van der Waals surface area contributed by atoms with Crippen molar-refractivity contribution < 1.29 is 4.79 Å². The third-order valence-electron chi connectivity index (χ3n) is 4.08. The van der Waals surface area contributed by atoms with E-state index in [9.17, 15) is 4.79 Å². The molecule has 0 amide bonds. The van der Waals surface area contributed by atoms with Gasteiger partial charge in [-0.3, -0.25) is 9.69 Å².